The molecule has 0 aliphatic carbocycles. The van der Waals surface area contributed by atoms with Gasteiger partial charge in [-0.1, -0.05) is 6.07 Å². The molecular formula is C17H21BrN4O. The van der Waals surface area contributed by atoms with Gasteiger partial charge in [0.1, 0.15) is 5.82 Å². The molecule has 0 radical (unpaired) electrons. The van der Waals surface area contributed by atoms with Gasteiger partial charge in [-0.2, -0.15) is 4.98 Å². The van der Waals surface area contributed by atoms with Crippen molar-refractivity contribution in [1.82, 2.24) is 9.97 Å². The third-order valence-corrected chi connectivity index (χ3v) is 4.42. The average Bonchev–Trinajstić information content (AvgIpc) is 3.01. The maximum atomic E-state index is 5.63. The van der Waals surface area contributed by atoms with Crippen LogP contribution in [0.25, 0.3) is 0 Å². The topological polar surface area (TPSA) is 59.1 Å². The maximum absolute atomic E-state index is 5.63. The van der Waals surface area contributed by atoms with Gasteiger partial charge in [-0.05, 0) is 60.3 Å². The molecule has 1 aromatic carbocycles. The van der Waals surface area contributed by atoms with Crippen molar-refractivity contribution in [2.45, 2.75) is 32.8 Å². The van der Waals surface area contributed by atoms with E-state index in [4.69, 9.17) is 4.74 Å². The molecule has 0 amide bonds. The molecule has 0 spiro atoms. The van der Waals surface area contributed by atoms with E-state index in [-0.39, 0.29) is 6.10 Å². The van der Waals surface area contributed by atoms with Crippen molar-refractivity contribution in [2.75, 3.05) is 23.8 Å². The number of nitrogens with one attached hydrogen (secondary N) is 2. The smallest absolute Gasteiger partial charge is 0.229 e. The normalized spacial score (nSPS) is 17.3. The average molecular weight is 377 g/mol. The highest BCUT2D eigenvalue weighted by atomic mass is 79.9. The van der Waals surface area contributed by atoms with Crippen molar-refractivity contribution in [2.24, 2.45) is 0 Å². The molecule has 1 unspecified atom stereocenters. The maximum Gasteiger partial charge on any atom is 0.229 e. The Bertz CT molecular complexity index is 686. The van der Waals surface area contributed by atoms with Crippen molar-refractivity contribution in [3.63, 3.8) is 0 Å². The number of hydrogen-bond donors (Lipinski definition) is 2. The standard InChI is InChI=1S/C17H21BrN4O/c1-11-5-6-15(14(18)8-11)21-17-20-12(2)9-16(22-17)19-10-13-4-3-7-23-13/h5-6,8-9,13H,3-4,7,10H2,1-2H3,(H2,19,20,21,22). The molecule has 2 N–H and O–H groups in total. The molecule has 23 heavy (non-hydrogen) atoms. The molecule has 2 heterocycles. The Labute approximate surface area is 145 Å². The van der Waals surface area contributed by atoms with E-state index >= 15 is 0 Å². The van der Waals surface area contributed by atoms with Gasteiger partial charge in [0.05, 0.1) is 11.8 Å². The third-order valence-electron chi connectivity index (χ3n) is 3.76. The van der Waals surface area contributed by atoms with Crippen LogP contribution in [-0.4, -0.2) is 29.2 Å². The molecule has 5 nitrogen and oxygen atoms in total. The van der Waals surface area contributed by atoms with Crippen LogP contribution in [0.15, 0.2) is 28.7 Å². The van der Waals surface area contributed by atoms with Crippen LogP contribution in [0, 0.1) is 13.8 Å². The molecule has 1 aliphatic heterocycles. The predicted octanol–water partition coefficient (Wildman–Crippen LogP) is 4.19. The molecule has 3 rings (SSSR count). The van der Waals surface area contributed by atoms with Gasteiger partial charge in [-0.15, -0.1) is 0 Å². The molecule has 122 valence electrons. The van der Waals surface area contributed by atoms with E-state index in [2.05, 4.69) is 55.6 Å². The van der Waals surface area contributed by atoms with Gasteiger partial charge in [-0.3, -0.25) is 0 Å². The van der Waals surface area contributed by atoms with Crippen LogP contribution < -0.4 is 10.6 Å². The number of benzene rings is 1. The highest BCUT2D eigenvalue weighted by Crippen LogP contribution is 2.26. The largest absolute Gasteiger partial charge is 0.376 e. The van der Waals surface area contributed by atoms with E-state index in [9.17, 15) is 0 Å². The van der Waals surface area contributed by atoms with Crippen LogP contribution in [0.4, 0.5) is 17.5 Å². The highest BCUT2D eigenvalue weighted by Gasteiger charge is 2.15. The minimum atomic E-state index is 0.285. The summed E-state index contributed by atoms with van der Waals surface area (Å²) in [7, 11) is 0. The fourth-order valence-electron chi connectivity index (χ4n) is 2.58. The lowest BCUT2D eigenvalue weighted by molar-refractivity contribution is 0.120. The van der Waals surface area contributed by atoms with Gasteiger partial charge in [0, 0.05) is 29.4 Å². The summed E-state index contributed by atoms with van der Waals surface area (Å²) in [6.07, 6.45) is 2.54. The van der Waals surface area contributed by atoms with Crippen LogP contribution in [0.2, 0.25) is 0 Å². The van der Waals surface area contributed by atoms with Crippen molar-refractivity contribution >= 4 is 33.4 Å². The summed E-state index contributed by atoms with van der Waals surface area (Å²) < 4.78 is 6.63. The summed E-state index contributed by atoms with van der Waals surface area (Å²) in [4.78, 5) is 9.00. The predicted molar refractivity (Wildman–Crippen MR) is 96.4 cm³/mol. The van der Waals surface area contributed by atoms with Crippen LogP contribution in [0.1, 0.15) is 24.1 Å². The van der Waals surface area contributed by atoms with E-state index < -0.39 is 0 Å². The lowest BCUT2D eigenvalue weighted by Crippen LogP contribution is -2.19. The first-order chi connectivity index (χ1) is 11.1. The number of hydrogen-bond acceptors (Lipinski definition) is 5. The van der Waals surface area contributed by atoms with E-state index in [1.54, 1.807) is 0 Å². The van der Waals surface area contributed by atoms with E-state index in [1.165, 1.54) is 5.56 Å². The number of rotatable bonds is 5. The fourth-order valence-corrected chi connectivity index (χ4v) is 3.17. The lowest BCUT2D eigenvalue weighted by Gasteiger charge is -2.13. The molecule has 1 fully saturated rings. The van der Waals surface area contributed by atoms with E-state index in [0.717, 1.165) is 47.7 Å². The SMILES string of the molecule is Cc1ccc(Nc2nc(C)cc(NCC3CCCO3)n2)c(Br)c1. The number of aromatic nitrogens is 2. The minimum Gasteiger partial charge on any atom is -0.376 e. The van der Waals surface area contributed by atoms with Crippen molar-refractivity contribution in [3.05, 3.63) is 40.0 Å². The molecule has 1 aliphatic rings. The molecule has 6 heteroatoms. The Morgan fingerprint density at radius 3 is 2.87 bits per heavy atom. The summed E-state index contributed by atoms with van der Waals surface area (Å²) in [6, 6.07) is 8.09. The molecular weight excluding hydrogens is 356 g/mol. The first-order valence-electron chi connectivity index (χ1n) is 7.84. The van der Waals surface area contributed by atoms with Crippen LogP contribution in [0.3, 0.4) is 0 Å². The molecule has 1 atom stereocenters. The van der Waals surface area contributed by atoms with Gasteiger partial charge in [0.2, 0.25) is 5.95 Å². The second-order valence-corrected chi connectivity index (χ2v) is 6.70. The summed E-state index contributed by atoms with van der Waals surface area (Å²) >= 11 is 3.57. The zero-order chi connectivity index (χ0) is 16.2. The van der Waals surface area contributed by atoms with Crippen molar-refractivity contribution in [1.29, 1.82) is 0 Å². The Kier molecular flexibility index (Phi) is 5.13. The van der Waals surface area contributed by atoms with Gasteiger partial charge >= 0.3 is 0 Å². The number of ether oxygens (including phenoxy) is 1. The molecule has 0 saturated carbocycles. The summed E-state index contributed by atoms with van der Waals surface area (Å²) in [5.74, 6) is 1.41. The van der Waals surface area contributed by atoms with Crippen LogP contribution in [0.5, 0.6) is 0 Å². The molecule has 1 aromatic heterocycles. The Morgan fingerprint density at radius 2 is 2.13 bits per heavy atom. The third kappa shape index (κ3) is 4.42. The highest BCUT2D eigenvalue weighted by molar-refractivity contribution is 9.10. The lowest BCUT2D eigenvalue weighted by atomic mass is 10.2. The molecule has 0 bridgehead atoms. The first-order valence-corrected chi connectivity index (χ1v) is 8.64. The minimum absolute atomic E-state index is 0.285. The Balaban J connectivity index is 1.71. The van der Waals surface area contributed by atoms with Gasteiger partial charge in [0.15, 0.2) is 0 Å². The Hall–Kier alpha value is -1.66. The molecule has 1 saturated heterocycles. The summed E-state index contributed by atoms with van der Waals surface area (Å²) in [6.45, 7) is 5.67. The van der Waals surface area contributed by atoms with Gasteiger partial charge in [-0.25, -0.2) is 4.98 Å². The number of nitrogens with zero attached hydrogens (tertiary/aromatic N) is 2. The summed E-state index contributed by atoms with van der Waals surface area (Å²) in [5.41, 5.74) is 3.07. The fraction of sp³-hybridized carbons (Fsp3) is 0.412. The zero-order valence-corrected chi connectivity index (χ0v) is 15.0. The van der Waals surface area contributed by atoms with Crippen molar-refractivity contribution in [3.8, 4) is 0 Å². The number of aryl methyl sites for hydroxylation is 2. The number of halogens is 1. The van der Waals surface area contributed by atoms with Crippen LogP contribution in [-0.2, 0) is 4.74 Å². The Morgan fingerprint density at radius 1 is 1.26 bits per heavy atom. The number of anilines is 3. The second-order valence-electron chi connectivity index (χ2n) is 5.84. The quantitative estimate of drug-likeness (QED) is 0.818. The van der Waals surface area contributed by atoms with Gasteiger partial charge < -0.3 is 15.4 Å². The van der Waals surface area contributed by atoms with E-state index in [0.29, 0.717) is 5.95 Å². The van der Waals surface area contributed by atoms with E-state index in [1.807, 2.05) is 19.1 Å². The van der Waals surface area contributed by atoms with Crippen LogP contribution >= 0.6 is 15.9 Å². The zero-order valence-electron chi connectivity index (χ0n) is 13.4. The summed E-state index contributed by atoms with van der Waals surface area (Å²) in [5, 5.41) is 6.62. The molecule has 2 aromatic rings. The first kappa shape index (κ1) is 16.2. The second kappa shape index (κ2) is 7.27. The van der Waals surface area contributed by atoms with Gasteiger partial charge in [0.25, 0.3) is 0 Å². The monoisotopic (exact) mass is 376 g/mol. The van der Waals surface area contributed by atoms with Crippen molar-refractivity contribution < 1.29 is 4.74 Å².